The number of para-hydroxylation sites is 1. The lowest BCUT2D eigenvalue weighted by molar-refractivity contribution is -0.0827. The van der Waals surface area contributed by atoms with Crippen LogP contribution in [0.3, 0.4) is 0 Å². The summed E-state index contributed by atoms with van der Waals surface area (Å²) in [4.78, 5) is 14.1. The molecular weight excluding hydrogens is 244 g/mol. The van der Waals surface area contributed by atoms with Crippen molar-refractivity contribution in [3.63, 3.8) is 0 Å². The van der Waals surface area contributed by atoms with Crippen LogP contribution in [-0.4, -0.2) is 47.8 Å². The number of fused-ring (bicyclic) bond motifs is 1. The van der Waals surface area contributed by atoms with E-state index in [0.717, 1.165) is 12.2 Å². The Morgan fingerprint density at radius 2 is 2.32 bits per heavy atom. The maximum Gasteiger partial charge on any atom is 0.257 e. The fourth-order valence-corrected chi connectivity index (χ4v) is 2.54. The van der Waals surface area contributed by atoms with Crippen molar-refractivity contribution in [3.05, 3.63) is 23.8 Å². The molecule has 2 aliphatic rings. The average Bonchev–Trinajstić information content (AvgIpc) is 2.42. The van der Waals surface area contributed by atoms with Crippen molar-refractivity contribution in [2.24, 2.45) is 0 Å². The lowest BCUT2D eigenvalue weighted by Crippen LogP contribution is -2.63. The van der Waals surface area contributed by atoms with Gasteiger partial charge in [0.2, 0.25) is 0 Å². The van der Waals surface area contributed by atoms with Crippen molar-refractivity contribution in [2.45, 2.75) is 18.9 Å². The van der Waals surface area contributed by atoms with Crippen LogP contribution in [-0.2, 0) is 0 Å². The Balaban J connectivity index is 1.82. The number of amides is 1. The summed E-state index contributed by atoms with van der Waals surface area (Å²) >= 11 is 0. The fourth-order valence-electron chi connectivity index (χ4n) is 2.54. The van der Waals surface area contributed by atoms with Crippen LogP contribution in [0.25, 0.3) is 0 Å². The summed E-state index contributed by atoms with van der Waals surface area (Å²) in [5, 5.41) is 13.2. The number of hydrogen-bond donors (Lipinski definition) is 2. The van der Waals surface area contributed by atoms with Gasteiger partial charge in [-0.2, -0.15) is 0 Å². The smallest absolute Gasteiger partial charge is 0.257 e. The van der Waals surface area contributed by atoms with E-state index < -0.39 is 5.60 Å². The van der Waals surface area contributed by atoms with Crippen LogP contribution >= 0.6 is 0 Å². The first-order valence-electron chi connectivity index (χ1n) is 6.64. The molecule has 0 atom stereocenters. The van der Waals surface area contributed by atoms with Gasteiger partial charge in [0, 0.05) is 6.54 Å². The monoisotopic (exact) mass is 262 g/mol. The number of ether oxygens (including phenoxy) is 1. The summed E-state index contributed by atoms with van der Waals surface area (Å²) in [6.45, 7) is 4.05. The zero-order chi connectivity index (χ0) is 13.5. The second-order valence-corrected chi connectivity index (χ2v) is 5.20. The Morgan fingerprint density at radius 1 is 1.53 bits per heavy atom. The normalized spacial score (nSPS) is 19.8. The number of benzene rings is 1. The van der Waals surface area contributed by atoms with E-state index in [2.05, 4.69) is 5.32 Å². The standard InChI is InChI=1S/C14H18N2O3/c1-2-14(18)8-16(9-14)13(17)10-4-3-5-11-12(10)19-7-6-15-11/h3-5,15,18H,2,6-9H2,1H3. The van der Waals surface area contributed by atoms with Gasteiger partial charge in [-0.05, 0) is 18.6 Å². The zero-order valence-corrected chi connectivity index (χ0v) is 11.0. The number of nitrogens with one attached hydrogen (secondary N) is 1. The number of anilines is 1. The average molecular weight is 262 g/mol. The molecule has 0 radical (unpaired) electrons. The van der Waals surface area contributed by atoms with Gasteiger partial charge in [0.15, 0.2) is 5.75 Å². The van der Waals surface area contributed by atoms with Gasteiger partial charge in [0.05, 0.1) is 29.9 Å². The summed E-state index contributed by atoms with van der Waals surface area (Å²) < 4.78 is 5.60. The third kappa shape index (κ3) is 2.04. The van der Waals surface area contributed by atoms with Gasteiger partial charge in [-0.3, -0.25) is 4.79 Å². The van der Waals surface area contributed by atoms with Crippen molar-refractivity contribution in [1.29, 1.82) is 0 Å². The maximum atomic E-state index is 12.4. The van der Waals surface area contributed by atoms with Crippen LogP contribution in [0.2, 0.25) is 0 Å². The highest BCUT2D eigenvalue weighted by Crippen LogP contribution is 2.34. The molecule has 1 saturated heterocycles. The second kappa shape index (κ2) is 4.42. The SMILES string of the molecule is CCC1(O)CN(C(=O)c2cccc3c2OCCN3)C1. The van der Waals surface area contributed by atoms with Gasteiger partial charge < -0.3 is 20.1 Å². The summed E-state index contributed by atoms with van der Waals surface area (Å²) in [5.74, 6) is 0.560. The van der Waals surface area contributed by atoms with E-state index in [1.54, 1.807) is 11.0 Å². The number of carbonyl (C=O) groups excluding carboxylic acids is 1. The van der Waals surface area contributed by atoms with Crippen LogP contribution in [0.1, 0.15) is 23.7 Å². The van der Waals surface area contributed by atoms with Gasteiger partial charge in [-0.15, -0.1) is 0 Å². The molecule has 5 heteroatoms. The predicted molar refractivity (Wildman–Crippen MR) is 71.6 cm³/mol. The van der Waals surface area contributed by atoms with Crippen molar-refractivity contribution in [2.75, 3.05) is 31.6 Å². The van der Waals surface area contributed by atoms with Gasteiger partial charge in [0.25, 0.3) is 5.91 Å². The van der Waals surface area contributed by atoms with E-state index in [-0.39, 0.29) is 5.91 Å². The Hall–Kier alpha value is -1.75. The number of hydrogen-bond acceptors (Lipinski definition) is 4. The fraction of sp³-hybridized carbons (Fsp3) is 0.500. The lowest BCUT2D eigenvalue weighted by Gasteiger charge is -2.46. The van der Waals surface area contributed by atoms with E-state index in [1.165, 1.54) is 0 Å². The van der Waals surface area contributed by atoms with Gasteiger partial charge in [-0.25, -0.2) is 0 Å². The number of carbonyl (C=O) groups is 1. The highest BCUT2D eigenvalue weighted by atomic mass is 16.5. The summed E-state index contributed by atoms with van der Waals surface area (Å²) in [7, 11) is 0. The minimum Gasteiger partial charge on any atom is -0.489 e. The molecule has 0 saturated carbocycles. The Labute approximate surface area is 112 Å². The second-order valence-electron chi connectivity index (χ2n) is 5.20. The molecule has 1 aromatic carbocycles. The minimum atomic E-state index is -0.705. The molecule has 0 spiro atoms. The largest absolute Gasteiger partial charge is 0.489 e. The lowest BCUT2D eigenvalue weighted by atomic mass is 9.90. The Bertz CT molecular complexity index is 509. The van der Waals surface area contributed by atoms with Crippen LogP contribution in [0.4, 0.5) is 5.69 Å². The Kier molecular flexibility index (Phi) is 2.86. The van der Waals surface area contributed by atoms with Crippen LogP contribution in [0.15, 0.2) is 18.2 Å². The van der Waals surface area contributed by atoms with E-state index in [9.17, 15) is 9.90 Å². The van der Waals surface area contributed by atoms with Crippen LogP contribution in [0, 0.1) is 0 Å². The number of likely N-dealkylation sites (tertiary alicyclic amines) is 1. The third-order valence-corrected chi connectivity index (χ3v) is 3.83. The molecular formula is C14H18N2O3. The number of nitrogens with zero attached hydrogens (tertiary/aromatic N) is 1. The molecule has 2 N–H and O–H groups in total. The molecule has 1 fully saturated rings. The summed E-state index contributed by atoms with van der Waals surface area (Å²) in [5.41, 5.74) is 0.732. The molecule has 0 unspecified atom stereocenters. The quantitative estimate of drug-likeness (QED) is 0.837. The number of rotatable bonds is 2. The molecule has 0 aromatic heterocycles. The van der Waals surface area contributed by atoms with Crippen LogP contribution in [0.5, 0.6) is 5.75 Å². The molecule has 0 aliphatic carbocycles. The molecule has 3 rings (SSSR count). The first-order chi connectivity index (χ1) is 9.13. The zero-order valence-electron chi connectivity index (χ0n) is 11.0. The third-order valence-electron chi connectivity index (χ3n) is 3.83. The van der Waals surface area contributed by atoms with Gasteiger partial charge in [0.1, 0.15) is 6.61 Å². The van der Waals surface area contributed by atoms with Crippen molar-refractivity contribution in [1.82, 2.24) is 4.90 Å². The molecule has 102 valence electrons. The van der Waals surface area contributed by atoms with E-state index in [1.807, 2.05) is 19.1 Å². The topological polar surface area (TPSA) is 61.8 Å². The molecule has 0 bridgehead atoms. The highest BCUT2D eigenvalue weighted by Gasteiger charge is 2.42. The Morgan fingerprint density at radius 3 is 3.05 bits per heavy atom. The highest BCUT2D eigenvalue weighted by molar-refractivity contribution is 5.99. The molecule has 19 heavy (non-hydrogen) atoms. The molecule has 2 aliphatic heterocycles. The first-order valence-corrected chi connectivity index (χ1v) is 6.64. The predicted octanol–water partition coefficient (Wildman–Crippen LogP) is 1.09. The van der Waals surface area contributed by atoms with Gasteiger partial charge >= 0.3 is 0 Å². The maximum absolute atomic E-state index is 12.4. The van der Waals surface area contributed by atoms with Crippen LogP contribution < -0.4 is 10.1 Å². The molecule has 1 aromatic rings. The summed E-state index contributed by atoms with van der Waals surface area (Å²) in [6, 6.07) is 5.53. The van der Waals surface area contributed by atoms with E-state index >= 15 is 0 Å². The number of β-amino-alcohol motifs (C(OH)–C–C–N with tert-alkyl or cyclic N) is 1. The minimum absolute atomic E-state index is 0.0707. The first kappa shape index (κ1) is 12.3. The van der Waals surface area contributed by atoms with Crippen molar-refractivity contribution >= 4 is 11.6 Å². The van der Waals surface area contributed by atoms with Crippen molar-refractivity contribution < 1.29 is 14.6 Å². The molecule has 5 nitrogen and oxygen atoms in total. The van der Waals surface area contributed by atoms with Gasteiger partial charge in [-0.1, -0.05) is 13.0 Å². The summed E-state index contributed by atoms with van der Waals surface area (Å²) in [6.07, 6.45) is 0.668. The molecule has 1 amide bonds. The number of aliphatic hydroxyl groups is 1. The van der Waals surface area contributed by atoms with E-state index in [4.69, 9.17) is 4.74 Å². The molecule has 2 heterocycles. The van der Waals surface area contributed by atoms with E-state index in [0.29, 0.717) is 37.4 Å². The van der Waals surface area contributed by atoms with Crippen molar-refractivity contribution in [3.8, 4) is 5.75 Å².